The zero-order valence-corrected chi connectivity index (χ0v) is 12.6. The van der Waals surface area contributed by atoms with Crippen LogP contribution in [0.5, 0.6) is 0 Å². The minimum Gasteiger partial charge on any atom is -0.468 e. The summed E-state index contributed by atoms with van der Waals surface area (Å²) in [5.74, 6) is 1.61. The molecule has 0 radical (unpaired) electrons. The summed E-state index contributed by atoms with van der Waals surface area (Å²) in [5, 5.41) is -0.293. The van der Waals surface area contributed by atoms with E-state index in [1.54, 1.807) is 11.8 Å². The van der Waals surface area contributed by atoms with E-state index in [9.17, 15) is 4.79 Å². The number of fused-ring (bicyclic) bond motifs is 1. The van der Waals surface area contributed by atoms with Crippen molar-refractivity contribution in [2.45, 2.75) is 50.7 Å². The minimum atomic E-state index is -0.293. The van der Waals surface area contributed by atoms with Crippen molar-refractivity contribution < 1.29 is 13.9 Å². The van der Waals surface area contributed by atoms with E-state index in [1.165, 1.54) is 31.1 Å². The lowest BCUT2D eigenvalue weighted by Gasteiger charge is -2.16. The molecule has 4 heteroatoms. The molecule has 1 unspecified atom stereocenters. The predicted molar refractivity (Wildman–Crippen MR) is 77.5 cm³/mol. The van der Waals surface area contributed by atoms with Gasteiger partial charge >= 0.3 is 5.97 Å². The number of methoxy groups -OCH3 is 1. The van der Waals surface area contributed by atoms with Crippen LogP contribution in [0.1, 0.15) is 54.7 Å². The van der Waals surface area contributed by atoms with Crippen LogP contribution < -0.4 is 0 Å². The molecule has 0 bridgehead atoms. The van der Waals surface area contributed by atoms with Gasteiger partial charge in [-0.25, -0.2) is 0 Å². The highest BCUT2D eigenvalue weighted by atomic mass is 32.2. The second kappa shape index (κ2) is 7.04. The van der Waals surface area contributed by atoms with Crippen molar-refractivity contribution in [1.29, 1.82) is 0 Å². The smallest absolute Gasteiger partial charge is 0.326 e. The normalized spacial score (nSPS) is 15.9. The Morgan fingerprint density at radius 3 is 3.00 bits per heavy atom. The molecule has 1 aliphatic rings. The Bertz CT molecular complexity index is 425. The van der Waals surface area contributed by atoms with E-state index < -0.39 is 0 Å². The third-order valence-corrected chi connectivity index (χ3v) is 4.84. The summed E-state index contributed by atoms with van der Waals surface area (Å²) in [5.41, 5.74) is 2.54. The molecular weight excluding hydrogens is 260 g/mol. The lowest BCUT2D eigenvalue weighted by atomic mass is 9.93. The SMILES string of the molecule is CCCCSC(C(=O)OC)c1occ2c1CCCC2. The molecule has 0 aromatic carbocycles. The highest BCUT2D eigenvalue weighted by Crippen LogP contribution is 2.37. The lowest BCUT2D eigenvalue weighted by Crippen LogP contribution is -2.14. The first-order valence-corrected chi connectivity index (χ1v) is 8.11. The van der Waals surface area contributed by atoms with Crippen LogP contribution in [0, 0.1) is 0 Å². The molecule has 0 spiro atoms. The summed E-state index contributed by atoms with van der Waals surface area (Å²) in [6.07, 6.45) is 8.60. The molecule has 0 N–H and O–H groups in total. The van der Waals surface area contributed by atoms with Crippen LogP contribution in [-0.2, 0) is 22.4 Å². The average molecular weight is 282 g/mol. The number of unbranched alkanes of at least 4 members (excludes halogenated alkanes) is 1. The maximum Gasteiger partial charge on any atom is 0.326 e. The molecule has 1 aliphatic carbocycles. The summed E-state index contributed by atoms with van der Waals surface area (Å²) in [6, 6.07) is 0. The lowest BCUT2D eigenvalue weighted by molar-refractivity contribution is -0.140. The third kappa shape index (κ3) is 3.35. The van der Waals surface area contributed by atoms with Crippen molar-refractivity contribution in [3.8, 4) is 0 Å². The van der Waals surface area contributed by atoms with Gasteiger partial charge in [0.15, 0.2) is 5.25 Å². The van der Waals surface area contributed by atoms with Crippen LogP contribution in [0.3, 0.4) is 0 Å². The summed E-state index contributed by atoms with van der Waals surface area (Å²) in [4.78, 5) is 12.0. The fourth-order valence-corrected chi connectivity index (χ4v) is 3.74. The number of aryl methyl sites for hydroxylation is 1. The van der Waals surface area contributed by atoms with Gasteiger partial charge in [0.1, 0.15) is 5.76 Å². The first-order valence-electron chi connectivity index (χ1n) is 7.06. The second-order valence-corrected chi connectivity index (χ2v) is 6.15. The van der Waals surface area contributed by atoms with Crippen LogP contribution >= 0.6 is 11.8 Å². The molecule has 1 atom stereocenters. The number of esters is 1. The fourth-order valence-electron chi connectivity index (χ4n) is 2.47. The Hall–Kier alpha value is -0.900. The van der Waals surface area contributed by atoms with E-state index in [1.807, 2.05) is 6.26 Å². The van der Waals surface area contributed by atoms with E-state index in [0.29, 0.717) is 0 Å². The van der Waals surface area contributed by atoms with Crippen LogP contribution in [-0.4, -0.2) is 18.8 Å². The number of hydrogen-bond donors (Lipinski definition) is 0. The molecule has 1 aromatic rings. The fraction of sp³-hybridized carbons (Fsp3) is 0.667. The maximum atomic E-state index is 12.0. The number of carbonyl (C=O) groups is 1. The van der Waals surface area contributed by atoms with Gasteiger partial charge in [-0.2, -0.15) is 0 Å². The number of ether oxygens (including phenoxy) is 1. The summed E-state index contributed by atoms with van der Waals surface area (Å²) in [6.45, 7) is 2.16. The summed E-state index contributed by atoms with van der Waals surface area (Å²) >= 11 is 1.64. The number of thioether (sulfide) groups is 1. The van der Waals surface area contributed by atoms with Crippen LogP contribution in [0.25, 0.3) is 0 Å². The van der Waals surface area contributed by atoms with Crippen LogP contribution in [0.2, 0.25) is 0 Å². The zero-order valence-electron chi connectivity index (χ0n) is 11.7. The standard InChI is InChI=1S/C15H22O3S/c1-3-4-9-19-14(15(16)17-2)13-12-8-6-5-7-11(12)10-18-13/h10,14H,3-9H2,1-2H3. The highest BCUT2D eigenvalue weighted by molar-refractivity contribution is 8.00. The largest absolute Gasteiger partial charge is 0.468 e. The zero-order chi connectivity index (χ0) is 13.7. The van der Waals surface area contributed by atoms with Gasteiger partial charge in [-0.05, 0) is 49.0 Å². The first-order chi connectivity index (χ1) is 9.27. The Morgan fingerprint density at radius 1 is 1.47 bits per heavy atom. The Kier molecular flexibility index (Phi) is 5.37. The molecule has 3 nitrogen and oxygen atoms in total. The van der Waals surface area contributed by atoms with Crippen molar-refractivity contribution >= 4 is 17.7 Å². The van der Waals surface area contributed by atoms with Crippen molar-refractivity contribution in [3.63, 3.8) is 0 Å². The van der Waals surface area contributed by atoms with Gasteiger partial charge in [0.05, 0.1) is 13.4 Å². The van der Waals surface area contributed by atoms with Gasteiger partial charge in [-0.15, -0.1) is 11.8 Å². The molecular formula is C15H22O3S. The molecule has 0 fully saturated rings. The Morgan fingerprint density at radius 2 is 2.26 bits per heavy atom. The second-order valence-electron chi connectivity index (χ2n) is 4.94. The molecule has 106 valence electrons. The van der Waals surface area contributed by atoms with E-state index in [0.717, 1.165) is 37.2 Å². The summed E-state index contributed by atoms with van der Waals surface area (Å²) in [7, 11) is 1.45. The molecule has 1 aromatic heterocycles. The van der Waals surface area contributed by atoms with Gasteiger partial charge in [0.25, 0.3) is 0 Å². The third-order valence-electron chi connectivity index (χ3n) is 3.57. The number of rotatable bonds is 6. The van der Waals surface area contributed by atoms with E-state index in [-0.39, 0.29) is 11.2 Å². The molecule has 0 saturated carbocycles. The van der Waals surface area contributed by atoms with Crippen molar-refractivity contribution in [2.24, 2.45) is 0 Å². The van der Waals surface area contributed by atoms with Crippen LogP contribution in [0.4, 0.5) is 0 Å². The topological polar surface area (TPSA) is 39.4 Å². The van der Waals surface area contributed by atoms with Gasteiger partial charge in [0.2, 0.25) is 0 Å². The Labute approximate surface area is 119 Å². The molecule has 19 heavy (non-hydrogen) atoms. The summed E-state index contributed by atoms with van der Waals surface area (Å²) < 4.78 is 10.6. The number of hydrogen-bond acceptors (Lipinski definition) is 4. The quantitative estimate of drug-likeness (QED) is 0.586. The first kappa shape index (κ1) is 14.5. The maximum absolute atomic E-state index is 12.0. The van der Waals surface area contributed by atoms with Crippen LogP contribution in [0.15, 0.2) is 10.7 Å². The van der Waals surface area contributed by atoms with E-state index in [2.05, 4.69) is 6.92 Å². The van der Waals surface area contributed by atoms with Gasteiger partial charge in [0, 0.05) is 0 Å². The molecule has 0 amide bonds. The van der Waals surface area contributed by atoms with Gasteiger partial charge in [-0.3, -0.25) is 4.79 Å². The predicted octanol–water partition coefficient (Wildman–Crippen LogP) is 3.91. The molecule has 0 saturated heterocycles. The van der Waals surface area contributed by atoms with E-state index in [4.69, 9.17) is 9.15 Å². The number of furan rings is 1. The Balaban J connectivity index is 2.17. The van der Waals surface area contributed by atoms with Crippen molar-refractivity contribution in [3.05, 3.63) is 23.2 Å². The van der Waals surface area contributed by atoms with Gasteiger partial charge in [-0.1, -0.05) is 13.3 Å². The minimum absolute atomic E-state index is 0.191. The van der Waals surface area contributed by atoms with Gasteiger partial charge < -0.3 is 9.15 Å². The highest BCUT2D eigenvalue weighted by Gasteiger charge is 2.30. The molecule has 1 heterocycles. The average Bonchev–Trinajstić information content (AvgIpc) is 2.87. The van der Waals surface area contributed by atoms with Crippen molar-refractivity contribution in [2.75, 3.05) is 12.9 Å². The molecule has 2 rings (SSSR count). The number of carbonyl (C=O) groups excluding carboxylic acids is 1. The molecule has 0 aliphatic heterocycles. The monoisotopic (exact) mass is 282 g/mol. The van der Waals surface area contributed by atoms with E-state index >= 15 is 0 Å². The van der Waals surface area contributed by atoms with Crippen molar-refractivity contribution in [1.82, 2.24) is 0 Å².